The van der Waals surface area contributed by atoms with Gasteiger partial charge < -0.3 is 5.11 Å². The quantitative estimate of drug-likeness (QED) is 0.833. The molecule has 1 aromatic rings. The van der Waals surface area contributed by atoms with Crippen LogP contribution in [0.15, 0.2) is 12.1 Å². The first-order chi connectivity index (χ1) is 7.52. The van der Waals surface area contributed by atoms with Crippen molar-refractivity contribution in [3.8, 4) is 6.07 Å². The van der Waals surface area contributed by atoms with Crippen molar-refractivity contribution in [1.29, 1.82) is 5.26 Å². The van der Waals surface area contributed by atoms with E-state index in [9.17, 15) is 13.6 Å². The normalized spacial score (nSPS) is 10.2. The summed E-state index contributed by atoms with van der Waals surface area (Å²) >= 11 is 5.46. The van der Waals surface area contributed by atoms with Crippen molar-refractivity contribution in [3.63, 3.8) is 0 Å². The van der Waals surface area contributed by atoms with Gasteiger partial charge in [-0.3, -0.25) is 0 Å². The lowest BCUT2D eigenvalue weighted by atomic mass is 9.97. The van der Waals surface area contributed by atoms with E-state index in [0.29, 0.717) is 0 Å². The molecule has 0 radical (unpaired) electrons. The molecule has 1 rings (SSSR count). The Bertz CT molecular complexity index is 469. The molecular formula is C10H6ClF2NO2. The van der Waals surface area contributed by atoms with E-state index in [1.54, 1.807) is 0 Å². The van der Waals surface area contributed by atoms with Crippen molar-refractivity contribution in [2.45, 2.75) is 12.3 Å². The largest absolute Gasteiger partial charge is 0.478 e. The number of carbonyl (C=O) groups is 1. The summed E-state index contributed by atoms with van der Waals surface area (Å²) in [6.45, 7) is 0. The number of carboxylic acids is 1. The molecule has 0 unspecified atom stereocenters. The molecule has 3 nitrogen and oxygen atoms in total. The van der Waals surface area contributed by atoms with Crippen LogP contribution in [0.2, 0.25) is 0 Å². The molecule has 0 fully saturated rings. The third-order valence-corrected chi connectivity index (χ3v) is 2.32. The summed E-state index contributed by atoms with van der Waals surface area (Å²) in [5.41, 5.74) is -1.62. The molecule has 0 aliphatic heterocycles. The van der Waals surface area contributed by atoms with Crippen molar-refractivity contribution >= 4 is 17.6 Å². The number of hydrogen-bond donors (Lipinski definition) is 1. The highest BCUT2D eigenvalue weighted by molar-refractivity contribution is 6.17. The van der Waals surface area contributed by atoms with Gasteiger partial charge in [0.05, 0.1) is 22.8 Å². The van der Waals surface area contributed by atoms with Crippen LogP contribution >= 0.6 is 11.6 Å². The van der Waals surface area contributed by atoms with E-state index < -0.39 is 23.5 Å². The van der Waals surface area contributed by atoms with Crippen LogP contribution < -0.4 is 0 Å². The Balaban J connectivity index is 3.61. The Morgan fingerprint density at radius 1 is 1.56 bits per heavy atom. The number of nitriles is 1. The van der Waals surface area contributed by atoms with E-state index in [4.69, 9.17) is 22.0 Å². The average Bonchev–Trinajstić information content (AvgIpc) is 2.26. The number of alkyl halides is 3. The van der Waals surface area contributed by atoms with Gasteiger partial charge in [0.15, 0.2) is 0 Å². The van der Waals surface area contributed by atoms with Crippen molar-refractivity contribution in [2.24, 2.45) is 0 Å². The molecule has 0 amide bonds. The molecule has 0 aromatic heterocycles. The molecule has 0 bridgehead atoms. The van der Waals surface area contributed by atoms with E-state index in [0.717, 1.165) is 6.07 Å². The summed E-state index contributed by atoms with van der Waals surface area (Å²) in [5.74, 6) is -1.71. The molecule has 0 aliphatic rings. The Morgan fingerprint density at radius 3 is 2.56 bits per heavy atom. The van der Waals surface area contributed by atoms with Gasteiger partial charge in [-0.1, -0.05) is 6.07 Å². The second-order valence-electron chi connectivity index (χ2n) is 2.91. The lowest BCUT2D eigenvalue weighted by Gasteiger charge is -2.10. The van der Waals surface area contributed by atoms with Crippen LogP contribution in [0.25, 0.3) is 0 Å². The number of rotatable bonds is 3. The molecule has 0 atom stereocenters. The first-order valence-corrected chi connectivity index (χ1v) is 4.69. The van der Waals surface area contributed by atoms with Crippen LogP contribution in [0.5, 0.6) is 0 Å². The smallest absolute Gasteiger partial charge is 0.336 e. The molecule has 6 heteroatoms. The zero-order valence-electron chi connectivity index (χ0n) is 7.88. The second-order valence-corrected chi connectivity index (χ2v) is 3.18. The molecule has 1 N–H and O–H groups in total. The Hall–Kier alpha value is -1.67. The minimum atomic E-state index is -3.02. The highest BCUT2D eigenvalue weighted by Gasteiger charge is 2.24. The van der Waals surface area contributed by atoms with Gasteiger partial charge in [0.1, 0.15) is 0 Å². The van der Waals surface area contributed by atoms with Crippen LogP contribution in [-0.4, -0.2) is 11.1 Å². The zero-order valence-corrected chi connectivity index (χ0v) is 8.63. The van der Waals surface area contributed by atoms with E-state index in [-0.39, 0.29) is 17.0 Å². The zero-order chi connectivity index (χ0) is 12.3. The summed E-state index contributed by atoms with van der Waals surface area (Å²) in [5, 5.41) is 17.5. The number of carboxylic acid groups (broad SMARTS) is 1. The first-order valence-electron chi connectivity index (χ1n) is 4.16. The van der Waals surface area contributed by atoms with Crippen LogP contribution in [0, 0.1) is 11.3 Å². The van der Waals surface area contributed by atoms with Gasteiger partial charge in [-0.05, 0) is 11.6 Å². The number of nitrogens with zero attached hydrogens (tertiary/aromatic N) is 1. The highest BCUT2D eigenvalue weighted by Crippen LogP contribution is 2.29. The van der Waals surface area contributed by atoms with Crippen LogP contribution in [0.3, 0.4) is 0 Å². The fraction of sp³-hybridized carbons (Fsp3) is 0.200. The summed E-state index contributed by atoms with van der Waals surface area (Å²) in [4.78, 5) is 10.9. The molecule has 0 saturated carbocycles. The van der Waals surface area contributed by atoms with Gasteiger partial charge >= 0.3 is 5.97 Å². The van der Waals surface area contributed by atoms with E-state index in [1.165, 1.54) is 12.1 Å². The summed E-state index contributed by atoms with van der Waals surface area (Å²) in [7, 11) is 0. The maximum Gasteiger partial charge on any atom is 0.336 e. The molecule has 84 valence electrons. The van der Waals surface area contributed by atoms with Gasteiger partial charge in [-0.2, -0.15) is 5.26 Å². The predicted molar refractivity (Wildman–Crippen MR) is 52.6 cm³/mol. The summed E-state index contributed by atoms with van der Waals surface area (Å²) < 4.78 is 25.4. The van der Waals surface area contributed by atoms with Gasteiger partial charge in [-0.25, -0.2) is 13.6 Å². The monoisotopic (exact) mass is 245 g/mol. The minimum Gasteiger partial charge on any atom is -0.478 e. The van der Waals surface area contributed by atoms with Gasteiger partial charge in [-0.15, -0.1) is 11.6 Å². The molecule has 16 heavy (non-hydrogen) atoms. The summed E-state index contributed by atoms with van der Waals surface area (Å²) in [6, 6.07) is 3.95. The first kappa shape index (κ1) is 12.4. The lowest BCUT2D eigenvalue weighted by Crippen LogP contribution is -2.09. The summed E-state index contributed by atoms with van der Waals surface area (Å²) in [6.07, 6.45) is -3.02. The topological polar surface area (TPSA) is 61.1 Å². The Morgan fingerprint density at radius 2 is 2.19 bits per heavy atom. The van der Waals surface area contributed by atoms with Gasteiger partial charge in [0, 0.05) is 5.88 Å². The second kappa shape index (κ2) is 4.90. The van der Waals surface area contributed by atoms with Crippen molar-refractivity contribution in [2.75, 3.05) is 0 Å². The average molecular weight is 246 g/mol. The van der Waals surface area contributed by atoms with Crippen LogP contribution in [-0.2, 0) is 5.88 Å². The fourth-order valence-corrected chi connectivity index (χ4v) is 1.58. The van der Waals surface area contributed by atoms with E-state index in [1.807, 2.05) is 0 Å². The molecule has 1 aromatic carbocycles. The third kappa shape index (κ3) is 2.12. The van der Waals surface area contributed by atoms with Crippen molar-refractivity contribution < 1.29 is 18.7 Å². The van der Waals surface area contributed by atoms with E-state index >= 15 is 0 Å². The van der Waals surface area contributed by atoms with Crippen molar-refractivity contribution in [3.05, 3.63) is 34.4 Å². The SMILES string of the molecule is N#Cc1ccc(CCl)c(C(=O)O)c1C(F)F. The van der Waals surface area contributed by atoms with Gasteiger partial charge in [0.25, 0.3) is 6.43 Å². The molecule has 0 spiro atoms. The molecule has 0 saturated heterocycles. The number of halogens is 3. The highest BCUT2D eigenvalue weighted by atomic mass is 35.5. The Kier molecular flexibility index (Phi) is 3.80. The predicted octanol–water partition coefficient (Wildman–Crippen LogP) is 2.93. The molecular weight excluding hydrogens is 240 g/mol. The Labute approximate surface area is 94.9 Å². The van der Waals surface area contributed by atoms with Crippen LogP contribution in [0.4, 0.5) is 8.78 Å². The number of hydrogen-bond acceptors (Lipinski definition) is 2. The van der Waals surface area contributed by atoms with E-state index in [2.05, 4.69) is 0 Å². The molecule has 0 heterocycles. The fourth-order valence-electron chi connectivity index (χ4n) is 1.35. The standard InChI is InChI=1S/C10H6ClF2NO2/c11-3-5-1-2-6(4-14)7(9(12)13)8(5)10(15)16/h1-2,9H,3H2,(H,15,16). The minimum absolute atomic E-state index is 0.0727. The lowest BCUT2D eigenvalue weighted by molar-refractivity contribution is 0.0683. The van der Waals surface area contributed by atoms with Gasteiger partial charge in [0.2, 0.25) is 0 Å². The third-order valence-electron chi connectivity index (χ3n) is 2.03. The van der Waals surface area contributed by atoms with Crippen molar-refractivity contribution in [1.82, 2.24) is 0 Å². The maximum atomic E-state index is 12.7. The van der Waals surface area contributed by atoms with Crippen LogP contribution in [0.1, 0.15) is 33.5 Å². The maximum absolute atomic E-state index is 12.7. The number of benzene rings is 1. The molecule has 0 aliphatic carbocycles. The number of aromatic carboxylic acids is 1.